The van der Waals surface area contributed by atoms with Crippen molar-refractivity contribution in [1.29, 1.82) is 0 Å². The molecule has 0 saturated heterocycles. The predicted molar refractivity (Wildman–Crippen MR) is 78.0 cm³/mol. The van der Waals surface area contributed by atoms with Crippen LogP contribution in [-0.2, 0) is 12.4 Å². The molecule has 1 N–H and O–H groups in total. The molecular weight excluding hydrogens is 282 g/mol. The standard InChI is InChI=1S/C14H14ClNO2S/c1-18-12-6-13(19-9-12)14(17)16-8-11-4-2-10(7-15)3-5-11/h2-6,9H,7-8H2,1H3,(H,16,17). The Bertz CT molecular complexity index is 551. The first-order chi connectivity index (χ1) is 9.22. The summed E-state index contributed by atoms with van der Waals surface area (Å²) in [5, 5.41) is 4.68. The van der Waals surface area contributed by atoms with Gasteiger partial charge in [0.25, 0.3) is 5.91 Å². The van der Waals surface area contributed by atoms with E-state index in [1.54, 1.807) is 13.2 Å². The number of alkyl halides is 1. The van der Waals surface area contributed by atoms with Crippen LogP contribution in [0.15, 0.2) is 35.7 Å². The minimum Gasteiger partial charge on any atom is -0.496 e. The molecule has 1 amide bonds. The van der Waals surface area contributed by atoms with Crippen LogP contribution < -0.4 is 10.1 Å². The molecule has 3 nitrogen and oxygen atoms in total. The number of ether oxygens (including phenoxy) is 1. The van der Waals surface area contributed by atoms with Gasteiger partial charge < -0.3 is 10.1 Å². The lowest BCUT2D eigenvalue weighted by Gasteiger charge is -2.04. The lowest BCUT2D eigenvalue weighted by atomic mass is 10.1. The van der Waals surface area contributed by atoms with Gasteiger partial charge in [0, 0.05) is 23.9 Å². The van der Waals surface area contributed by atoms with E-state index in [1.165, 1.54) is 11.3 Å². The smallest absolute Gasteiger partial charge is 0.261 e. The highest BCUT2D eigenvalue weighted by Crippen LogP contribution is 2.20. The Morgan fingerprint density at radius 1 is 1.32 bits per heavy atom. The van der Waals surface area contributed by atoms with Crippen molar-refractivity contribution in [1.82, 2.24) is 5.32 Å². The molecule has 5 heteroatoms. The maximum absolute atomic E-state index is 11.9. The van der Waals surface area contributed by atoms with Crippen LogP contribution >= 0.6 is 22.9 Å². The van der Waals surface area contributed by atoms with Gasteiger partial charge in [-0.1, -0.05) is 24.3 Å². The second kappa shape index (κ2) is 6.59. The van der Waals surface area contributed by atoms with Crippen molar-refractivity contribution < 1.29 is 9.53 Å². The van der Waals surface area contributed by atoms with Crippen molar-refractivity contribution >= 4 is 28.8 Å². The Morgan fingerprint density at radius 2 is 2.00 bits per heavy atom. The van der Waals surface area contributed by atoms with E-state index in [4.69, 9.17) is 16.3 Å². The second-order valence-corrected chi connectivity index (χ2v) is 5.16. The Kier molecular flexibility index (Phi) is 4.82. The third kappa shape index (κ3) is 3.72. The number of carbonyl (C=O) groups excluding carboxylic acids is 1. The first kappa shape index (κ1) is 13.9. The van der Waals surface area contributed by atoms with Crippen LogP contribution in [0.1, 0.15) is 20.8 Å². The van der Waals surface area contributed by atoms with Crippen LogP contribution in [0.2, 0.25) is 0 Å². The highest BCUT2D eigenvalue weighted by atomic mass is 35.5. The van der Waals surface area contributed by atoms with Gasteiger partial charge in [0.1, 0.15) is 5.75 Å². The zero-order valence-corrected chi connectivity index (χ0v) is 12.1. The summed E-state index contributed by atoms with van der Waals surface area (Å²) in [5.74, 6) is 1.12. The van der Waals surface area contributed by atoms with Crippen LogP contribution in [0.3, 0.4) is 0 Å². The van der Waals surface area contributed by atoms with Crippen LogP contribution in [0.5, 0.6) is 5.75 Å². The van der Waals surface area contributed by atoms with E-state index in [-0.39, 0.29) is 5.91 Å². The van der Waals surface area contributed by atoms with E-state index in [9.17, 15) is 4.79 Å². The van der Waals surface area contributed by atoms with Gasteiger partial charge in [0.2, 0.25) is 0 Å². The molecule has 2 aromatic rings. The number of hydrogen-bond acceptors (Lipinski definition) is 3. The number of methoxy groups -OCH3 is 1. The summed E-state index contributed by atoms with van der Waals surface area (Å²) in [6.45, 7) is 0.502. The number of benzene rings is 1. The summed E-state index contributed by atoms with van der Waals surface area (Å²) >= 11 is 7.09. The summed E-state index contributed by atoms with van der Waals surface area (Å²) in [5.41, 5.74) is 2.12. The fourth-order valence-electron chi connectivity index (χ4n) is 1.56. The van der Waals surface area contributed by atoms with Crippen molar-refractivity contribution in [3.63, 3.8) is 0 Å². The number of carbonyl (C=O) groups is 1. The number of thiophene rings is 1. The molecule has 0 fully saturated rings. The average Bonchev–Trinajstić information content (AvgIpc) is 2.94. The van der Waals surface area contributed by atoms with E-state index < -0.39 is 0 Å². The van der Waals surface area contributed by atoms with Gasteiger partial charge in [0.05, 0.1) is 12.0 Å². The number of hydrogen-bond donors (Lipinski definition) is 1. The van der Waals surface area contributed by atoms with E-state index in [0.717, 1.165) is 11.1 Å². The van der Waals surface area contributed by atoms with Gasteiger partial charge >= 0.3 is 0 Å². The molecule has 0 radical (unpaired) electrons. The Balaban J connectivity index is 1.92. The fourth-order valence-corrected chi connectivity index (χ4v) is 2.51. The van der Waals surface area contributed by atoms with E-state index in [2.05, 4.69) is 5.32 Å². The maximum atomic E-state index is 11.9. The number of nitrogens with one attached hydrogen (secondary N) is 1. The topological polar surface area (TPSA) is 38.3 Å². The van der Waals surface area contributed by atoms with Crippen molar-refractivity contribution in [2.45, 2.75) is 12.4 Å². The summed E-state index contributed by atoms with van der Waals surface area (Å²) < 4.78 is 5.05. The quantitative estimate of drug-likeness (QED) is 0.858. The molecule has 1 aromatic heterocycles. The van der Waals surface area contributed by atoms with Crippen LogP contribution in [0.4, 0.5) is 0 Å². The largest absolute Gasteiger partial charge is 0.496 e. The lowest BCUT2D eigenvalue weighted by molar-refractivity contribution is 0.0955. The number of halogens is 1. The number of rotatable bonds is 5. The van der Waals surface area contributed by atoms with Gasteiger partial charge in [-0.05, 0) is 11.1 Å². The van der Waals surface area contributed by atoms with Crippen molar-refractivity contribution in [3.05, 3.63) is 51.7 Å². The van der Waals surface area contributed by atoms with Crippen molar-refractivity contribution in [2.75, 3.05) is 7.11 Å². The Hall–Kier alpha value is -1.52. The molecule has 0 atom stereocenters. The third-order valence-corrected chi connectivity index (χ3v) is 3.88. The molecule has 0 bridgehead atoms. The van der Waals surface area contributed by atoms with Crippen LogP contribution in [0, 0.1) is 0 Å². The highest BCUT2D eigenvalue weighted by Gasteiger charge is 2.08. The lowest BCUT2D eigenvalue weighted by Crippen LogP contribution is -2.21. The minimum atomic E-state index is -0.0882. The molecule has 100 valence electrons. The van der Waals surface area contributed by atoms with Crippen LogP contribution in [-0.4, -0.2) is 13.0 Å². The zero-order valence-electron chi connectivity index (χ0n) is 10.5. The molecule has 2 rings (SSSR count). The Morgan fingerprint density at radius 3 is 2.58 bits per heavy atom. The second-order valence-electron chi connectivity index (χ2n) is 3.98. The Labute approximate surface area is 121 Å². The zero-order chi connectivity index (χ0) is 13.7. The van der Waals surface area contributed by atoms with Gasteiger partial charge in [-0.2, -0.15) is 0 Å². The number of amides is 1. The first-order valence-electron chi connectivity index (χ1n) is 5.77. The normalized spacial score (nSPS) is 10.2. The van der Waals surface area contributed by atoms with E-state index >= 15 is 0 Å². The average molecular weight is 296 g/mol. The molecule has 0 spiro atoms. The van der Waals surface area contributed by atoms with Gasteiger partial charge in [0.15, 0.2) is 0 Å². The predicted octanol–water partition coefficient (Wildman–Crippen LogP) is 3.43. The van der Waals surface area contributed by atoms with Crippen molar-refractivity contribution in [3.8, 4) is 5.75 Å². The van der Waals surface area contributed by atoms with Crippen LogP contribution in [0.25, 0.3) is 0 Å². The third-order valence-electron chi connectivity index (χ3n) is 2.67. The summed E-state index contributed by atoms with van der Waals surface area (Å²) in [6, 6.07) is 9.59. The molecule has 0 aliphatic rings. The van der Waals surface area contributed by atoms with Gasteiger partial charge in [-0.25, -0.2) is 0 Å². The highest BCUT2D eigenvalue weighted by molar-refractivity contribution is 7.12. The van der Waals surface area contributed by atoms with E-state index in [0.29, 0.717) is 23.1 Å². The molecule has 0 saturated carbocycles. The van der Waals surface area contributed by atoms with Crippen molar-refractivity contribution in [2.24, 2.45) is 0 Å². The van der Waals surface area contributed by atoms with Gasteiger partial charge in [-0.15, -0.1) is 22.9 Å². The fraction of sp³-hybridized carbons (Fsp3) is 0.214. The molecule has 19 heavy (non-hydrogen) atoms. The molecule has 0 aliphatic carbocycles. The monoisotopic (exact) mass is 295 g/mol. The van der Waals surface area contributed by atoms with Gasteiger partial charge in [-0.3, -0.25) is 4.79 Å². The maximum Gasteiger partial charge on any atom is 0.261 e. The molecular formula is C14H14ClNO2S. The molecule has 0 unspecified atom stereocenters. The summed E-state index contributed by atoms with van der Waals surface area (Å²) in [4.78, 5) is 12.5. The first-order valence-corrected chi connectivity index (χ1v) is 7.19. The summed E-state index contributed by atoms with van der Waals surface area (Å²) in [7, 11) is 1.59. The SMILES string of the molecule is COc1csc(C(=O)NCc2ccc(CCl)cc2)c1. The summed E-state index contributed by atoms with van der Waals surface area (Å²) in [6.07, 6.45) is 0. The molecule has 1 aromatic carbocycles. The molecule has 1 heterocycles. The minimum absolute atomic E-state index is 0.0882. The van der Waals surface area contributed by atoms with E-state index in [1.807, 2.05) is 29.6 Å². The molecule has 0 aliphatic heterocycles.